The van der Waals surface area contributed by atoms with Gasteiger partial charge in [-0.25, -0.2) is 0 Å². The summed E-state index contributed by atoms with van der Waals surface area (Å²) in [6.07, 6.45) is 0. The monoisotopic (exact) mass is 1480 g/mol. The number of halogens is 3. The molecular formula is C58H79Cl3N36S3. The van der Waals surface area contributed by atoms with Crippen LogP contribution in [0.5, 0.6) is 0 Å². The van der Waals surface area contributed by atoms with E-state index in [1.54, 1.807) is 6.92 Å². The van der Waals surface area contributed by atoms with Crippen molar-refractivity contribution in [3.8, 4) is 0 Å². The zero-order chi connectivity index (χ0) is 69.9. The van der Waals surface area contributed by atoms with Gasteiger partial charge in [-0.15, -0.1) is 0 Å². The molecule has 530 valence electrons. The maximum absolute atomic E-state index is 6.20. The fraction of sp³-hybridized carbons (Fsp3) is 0.379. The number of aryl methyl sites for hydroxylation is 1. The molecule has 0 aliphatic heterocycles. The molecule has 6 aromatic heterocycles. The van der Waals surface area contributed by atoms with Gasteiger partial charge in [0.2, 0.25) is 83.3 Å². The first kappa shape index (κ1) is 74.9. The van der Waals surface area contributed by atoms with Crippen LogP contribution in [-0.4, -0.2) is 208 Å². The number of benzene rings is 3. The van der Waals surface area contributed by atoms with Crippen molar-refractivity contribution in [3.05, 3.63) is 110 Å². The van der Waals surface area contributed by atoms with E-state index in [2.05, 4.69) is 139 Å². The zero-order valence-corrected chi connectivity index (χ0v) is 59.2. The Kier molecular flexibility index (Phi) is 30.9. The number of hydrogen-bond acceptors (Lipinski definition) is 39. The number of rotatable bonds is 46. The standard InChI is InChI=1S/C58H79Cl3N36S3/c1-35-80-42(66-18-14-62)82-43(81-35)70-22-27-75-52-90-53(95-57(94-52)99-33-37-4-10-40(60)11-5-37)77-29-24-72-48-85-45(68-20-16-64)86-49(88-48)74-26-31-79-55-91-54(96-58(97-55)100-34-38-6-12-41(61)13-7-38)78-30-25-73-47-84-44(67-19-15-63)83-46(87-47)71-23-28-76-51-89-50(69-21-17-65)92-56(93-51)98-32-36-2-8-39(59)9-3-36/h2-13H,14-34,62-65H2,1H3,(H2,66,70,80,81,82)(H2,69,76,89,92,93)(H2,75,77,90,94,95)(H2,78,79,91,96,97)(H3,67,71,73,83,84,87)(H3,68,72,74,85,86,88). The molecule has 9 rings (SSSR count). The summed E-state index contributed by atoms with van der Waals surface area (Å²) in [4.78, 5) is 82.7. The molecule has 0 amide bonds. The van der Waals surface area contributed by atoms with Gasteiger partial charge in [0, 0.05) is 150 Å². The minimum atomic E-state index is 0.314. The Balaban J connectivity index is 0.781. The van der Waals surface area contributed by atoms with Crippen LogP contribution in [0.3, 0.4) is 0 Å². The topological polar surface area (TPSA) is 505 Å². The molecule has 3 aromatic carbocycles. The van der Waals surface area contributed by atoms with Crippen LogP contribution >= 0.6 is 70.1 Å². The predicted molar refractivity (Wildman–Crippen MR) is 402 cm³/mol. The van der Waals surface area contributed by atoms with E-state index >= 15 is 0 Å². The first-order valence-corrected chi connectivity index (χ1v) is 35.8. The van der Waals surface area contributed by atoms with Crippen molar-refractivity contribution in [3.63, 3.8) is 0 Å². The Morgan fingerprint density at radius 2 is 0.400 bits per heavy atom. The average Bonchev–Trinajstić information content (AvgIpc) is 0.911. The van der Waals surface area contributed by atoms with Crippen LogP contribution in [0.25, 0.3) is 0 Å². The fourth-order valence-corrected chi connectivity index (χ4v) is 11.0. The Morgan fingerprint density at radius 1 is 0.240 bits per heavy atom. The number of nitrogens with zero attached hydrogens (tertiary/aromatic N) is 18. The van der Waals surface area contributed by atoms with Gasteiger partial charge >= 0.3 is 0 Å². The van der Waals surface area contributed by atoms with E-state index in [1.165, 1.54) is 35.3 Å². The van der Waals surface area contributed by atoms with Crippen molar-refractivity contribution in [2.24, 2.45) is 22.9 Å². The third-order valence-corrected chi connectivity index (χ3v) is 16.4. The highest BCUT2D eigenvalue weighted by atomic mass is 35.5. The molecule has 6 heterocycles. The number of aromatic nitrogens is 18. The number of hydrogen-bond donors (Lipinski definition) is 18. The summed E-state index contributed by atoms with van der Waals surface area (Å²) in [5.41, 5.74) is 26.3. The summed E-state index contributed by atoms with van der Waals surface area (Å²) in [6, 6.07) is 22.9. The zero-order valence-electron chi connectivity index (χ0n) is 54.5. The molecule has 0 unspecified atom stereocenters. The average molecular weight is 1480 g/mol. The molecule has 0 atom stereocenters. The van der Waals surface area contributed by atoms with Gasteiger partial charge in [0.15, 0.2) is 15.5 Å². The molecule has 100 heavy (non-hydrogen) atoms. The third-order valence-electron chi connectivity index (χ3n) is 12.9. The van der Waals surface area contributed by atoms with Gasteiger partial charge in [-0.2, -0.15) is 89.7 Å². The van der Waals surface area contributed by atoms with Crippen LogP contribution in [0, 0.1) is 6.92 Å². The van der Waals surface area contributed by atoms with Crippen molar-refractivity contribution in [1.82, 2.24) is 89.7 Å². The molecule has 0 saturated carbocycles. The van der Waals surface area contributed by atoms with Gasteiger partial charge in [0.25, 0.3) is 0 Å². The molecule has 0 bridgehead atoms. The summed E-state index contributed by atoms with van der Waals surface area (Å²) in [5, 5.41) is 48.9. The lowest BCUT2D eigenvalue weighted by Crippen LogP contribution is -2.22. The van der Waals surface area contributed by atoms with Gasteiger partial charge in [0.05, 0.1) is 0 Å². The van der Waals surface area contributed by atoms with Crippen molar-refractivity contribution in [1.29, 1.82) is 0 Å². The molecule has 36 nitrogen and oxygen atoms in total. The summed E-state index contributed by atoms with van der Waals surface area (Å²) in [7, 11) is 0. The smallest absolute Gasteiger partial charge is 0.229 e. The fourth-order valence-electron chi connectivity index (χ4n) is 8.27. The van der Waals surface area contributed by atoms with E-state index < -0.39 is 0 Å². The van der Waals surface area contributed by atoms with Gasteiger partial charge in [0.1, 0.15) is 5.82 Å². The Morgan fingerprint density at radius 3 is 0.580 bits per heavy atom. The molecule has 0 fully saturated rings. The second-order valence-electron chi connectivity index (χ2n) is 20.8. The quantitative estimate of drug-likeness (QED) is 0.0175. The summed E-state index contributed by atoms with van der Waals surface area (Å²) in [6.45, 7) is 9.25. The first-order chi connectivity index (χ1) is 48.9. The third kappa shape index (κ3) is 27.1. The number of anilines is 14. The second kappa shape index (κ2) is 41.3. The van der Waals surface area contributed by atoms with Gasteiger partial charge in [-0.1, -0.05) is 106 Å². The van der Waals surface area contributed by atoms with Crippen molar-refractivity contribution < 1.29 is 0 Å². The van der Waals surface area contributed by atoms with Gasteiger partial charge in [-0.05, 0) is 60.0 Å². The SMILES string of the molecule is Cc1nc(NCCN)nc(NCCNc2nc(NCCNc3nc(NCCN)nc(NCCNc4nc(NCCNc5nc(NCCN)nc(NCCNc6nc(NCCN)nc(SCc7ccc(Cl)cc7)n6)n5)nc(SCc5ccc(Cl)cc5)n4)n3)nc(SCc3ccc(Cl)cc3)n2)n1. The highest BCUT2D eigenvalue weighted by molar-refractivity contribution is 7.98. The minimum absolute atomic E-state index is 0.314. The van der Waals surface area contributed by atoms with E-state index in [-0.39, 0.29) is 0 Å². The maximum atomic E-state index is 6.20. The van der Waals surface area contributed by atoms with E-state index in [1.807, 2.05) is 72.8 Å². The lowest BCUT2D eigenvalue weighted by atomic mass is 10.2. The highest BCUT2D eigenvalue weighted by Crippen LogP contribution is 2.26. The molecule has 9 aromatic rings. The predicted octanol–water partition coefficient (Wildman–Crippen LogP) is 5.04. The highest BCUT2D eigenvalue weighted by Gasteiger charge is 2.15. The Hall–Kier alpha value is -9.32. The van der Waals surface area contributed by atoms with Crippen LogP contribution in [0.4, 0.5) is 83.3 Å². The normalized spacial score (nSPS) is 11.0. The molecule has 0 aliphatic carbocycles. The summed E-state index contributed by atoms with van der Waals surface area (Å²) >= 11 is 22.8. The number of nitrogens with two attached hydrogens (primary N) is 4. The van der Waals surface area contributed by atoms with E-state index in [0.717, 1.165) is 16.7 Å². The Labute approximate surface area is 604 Å². The molecule has 0 aliphatic rings. The molecule has 0 saturated heterocycles. The molecule has 42 heteroatoms. The van der Waals surface area contributed by atoms with Crippen LogP contribution in [0.2, 0.25) is 15.1 Å². The number of thioether (sulfide) groups is 3. The van der Waals surface area contributed by atoms with Crippen molar-refractivity contribution in [2.75, 3.05) is 192 Å². The van der Waals surface area contributed by atoms with Crippen LogP contribution in [0.1, 0.15) is 22.5 Å². The van der Waals surface area contributed by atoms with E-state index in [4.69, 9.17) is 82.7 Å². The molecule has 22 N–H and O–H groups in total. The molecule has 0 radical (unpaired) electrons. The van der Waals surface area contributed by atoms with Crippen LogP contribution < -0.4 is 97.4 Å². The van der Waals surface area contributed by atoms with E-state index in [9.17, 15) is 0 Å². The lowest BCUT2D eigenvalue weighted by molar-refractivity contribution is 0.875. The first-order valence-electron chi connectivity index (χ1n) is 31.7. The summed E-state index contributed by atoms with van der Waals surface area (Å²) in [5.74, 6) is 7.46. The van der Waals surface area contributed by atoms with Crippen molar-refractivity contribution in [2.45, 2.75) is 39.7 Å². The summed E-state index contributed by atoms with van der Waals surface area (Å²) < 4.78 is 0. The number of nitrogens with one attached hydrogen (secondary N) is 14. The Bertz CT molecular complexity index is 3940. The molecular weight excluding hydrogens is 1400 g/mol. The van der Waals surface area contributed by atoms with E-state index in [0.29, 0.717) is 255 Å². The minimum Gasteiger partial charge on any atom is -0.353 e. The van der Waals surface area contributed by atoms with Crippen molar-refractivity contribution >= 4 is 153 Å². The molecule has 0 spiro atoms. The van der Waals surface area contributed by atoms with Crippen LogP contribution in [0.15, 0.2) is 88.3 Å². The van der Waals surface area contributed by atoms with Gasteiger partial charge < -0.3 is 97.4 Å². The maximum Gasteiger partial charge on any atom is 0.229 e. The second-order valence-corrected chi connectivity index (χ2v) is 24.9. The van der Waals surface area contributed by atoms with Crippen LogP contribution in [-0.2, 0) is 17.3 Å². The lowest BCUT2D eigenvalue weighted by Gasteiger charge is -2.13. The van der Waals surface area contributed by atoms with Gasteiger partial charge in [-0.3, -0.25) is 0 Å². The largest absolute Gasteiger partial charge is 0.353 e.